The fourth-order valence-electron chi connectivity index (χ4n) is 1.05. The molecule has 2 nitrogen and oxygen atoms in total. The van der Waals surface area contributed by atoms with Gasteiger partial charge in [-0.15, -0.1) is 0 Å². The fourth-order valence-corrected chi connectivity index (χ4v) is 1.29. The highest BCUT2D eigenvalue weighted by Gasteiger charge is 2.16. The molecule has 0 aliphatic rings. The van der Waals surface area contributed by atoms with Crippen molar-refractivity contribution in [2.24, 2.45) is 0 Å². The highest BCUT2D eigenvalue weighted by molar-refractivity contribution is 6.32. The van der Waals surface area contributed by atoms with E-state index in [1.807, 2.05) is 6.07 Å². The van der Waals surface area contributed by atoms with Crippen LogP contribution < -0.4 is 0 Å². The summed E-state index contributed by atoms with van der Waals surface area (Å²) < 4.78 is 24.7. The van der Waals surface area contributed by atoms with Gasteiger partial charge in [0.2, 0.25) is 0 Å². The Balaban J connectivity index is 3.20. The number of hydrogen-bond acceptors (Lipinski definition) is 2. The average Bonchev–Trinajstić information content (AvgIpc) is 2.13. The molecule has 1 heterocycles. The summed E-state index contributed by atoms with van der Waals surface area (Å²) >= 11 is 5.70. The molecule has 0 aliphatic heterocycles. The molecule has 0 unspecified atom stereocenters. The quantitative estimate of drug-likeness (QED) is 0.762. The number of alkyl halides is 2. The minimum Gasteiger partial charge on any atom is -0.259 e. The summed E-state index contributed by atoms with van der Waals surface area (Å²) in [6.07, 6.45) is -1.54. The normalized spacial score (nSPS) is 10.3. The second kappa shape index (κ2) is 4.34. The van der Waals surface area contributed by atoms with Crippen LogP contribution >= 0.6 is 11.6 Å². The summed E-state index contributed by atoms with van der Waals surface area (Å²) in [5, 5.41) is 8.43. The highest BCUT2D eigenvalue weighted by atomic mass is 35.5. The van der Waals surface area contributed by atoms with Crippen LogP contribution in [-0.2, 0) is 6.42 Å². The number of pyridine rings is 1. The summed E-state index contributed by atoms with van der Waals surface area (Å²) in [6, 6.07) is 1.89. The molecule has 14 heavy (non-hydrogen) atoms. The Morgan fingerprint density at radius 2 is 2.29 bits per heavy atom. The van der Waals surface area contributed by atoms with Crippen molar-refractivity contribution in [3.8, 4) is 6.07 Å². The molecule has 1 aromatic rings. The van der Waals surface area contributed by atoms with Crippen molar-refractivity contribution in [1.29, 1.82) is 5.26 Å². The smallest absolute Gasteiger partial charge is 0.259 e. The van der Waals surface area contributed by atoms with Crippen LogP contribution in [0.4, 0.5) is 8.78 Å². The molecule has 5 heteroatoms. The van der Waals surface area contributed by atoms with Crippen molar-refractivity contribution >= 4 is 11.6 Å². The van der Waals surface area contributed by atoms with Crippen LogP contribution in [0, 0.1) is 18.3 Å². The van der Waals surface area contributed by atoms with E-state index < -0.39 is 6.43 Å². The lowest BCUT2D eigenvalue weighted by Crippen LogP contribution is -1.98. The van der Waals surface area contributed by atoms with Gasteiger partial charge < -0.3 is 0 Å². The Labute approximate surface area is 85.1 Å². The molecule has 0 saturated heterocycles. The lowest BCUT2D eigenvalue weighted by molar-refractivity contribution is 0.151. The number of halogens is 3. The third-order valence-corrected chi connectivity index (χ3v) is 2.36. The molecule has 0 N–H and O–H groups in total. The molecule has 0 saturated carbocycles. The number of rotatable bonds is 2. The Bertz CT molecular complexity index is 385. The third-order valence-electron chi connectivity index (χ3n) is 1.86. The SMILES string of the molecule is Cc1c(CC#N)ncc(C(F)F)c1Cl. The summed E-state index contributed by atoms with van der Waals surface area (Å²) in [7, 11) is 0. The van der Waals surface area contributed by atoms with E-state index in [-0.39, 0.29) is 17.0 Å². The molecule has 0 amide bonds. The van der Waals surface area contributed by atoms with Crippen molar-refractivity contribution in [2.45, 2.75) is 19.8 Å². The van der Waals surface area contributed by atoms with Gasteiger partial charge in [-0.2, -0.15) is 5.26 Å². The van der Waals surface area contributed by atoms with Gasteiger partial charge in [-0.1, -0.05) is 11.6 Å². The Kier molecular flexibility index (Phi) is 3.37. The lowest BCUT2D eigenvalue weighted by atomic mass is 10.1. The average molecular weight is 217 g/mol. The zero-order valence-electron chi connectivity index (χ0n) is 7.39. The van der Waals surface area contributed by atoms with Crippen LogP contribution in [0.1, 0.15) is 23.2 Å². The summed E-state index contributed by atoms with van der Waals surface area (Å²) in [4.78, 5) is 3.76. The molecule has 0 radical (unpaired) electrons. The lowest BCUT2D eigenvalue weighted by Gasteiger charge is -2.07. The molecule has 0 aromatic carbocycles. The molecule has 0 atom stereocenters. The first-order valence-corrected chi connectivity index (χ1v) is 4.24. The molecule has 0 fully saturated rings. The van der Waals surface area contributed by atoms with E-state index >= 15 is 0 Å². The predicted octanol–water partition coefficient (Wildman–Crippen LogP) is 3.05. The zero-order valence-corrected chi connectivity index (χ0v) is 8.15. The fraction of sp³-hybridized carbons (Fsp3) is 0.333. The van der Waals surface area contributed by atoms with Crippen molar-refractivity contribution in [3.63, 3.8) is 0 Å². The molecule has 1 aromatic heterocycles. The van der Waals surface area contributed by atoms with E-state index in [2.05, 4.69) is 4.98 Å². The maximum absolute atomic E-state index is 12.3. The van der Waals surface area contributed by atoms with E-state index in [1.165, 1.54) is 0 Å². The molecule has 0 bridgehead atoms. The van der Waals surface area contributed by atoms with Gasteiger partial charge in [-0.05, 0) is 12.5 Å². The first-order chi connectivity index (χ1) is 6.57. The minimum absolute atomic E-state index is 0.000231. The first-order valence-electron chi connectivity index (χ1n) is 3.87. The second-order valence-electron chi connectivity index (χ2n) is 2.73. The van der Waals surface area contributed by atoms with Crippen LogP contribution in [0.15, 0.2) is 6.20 Å². The predicted molar refractivity (Wildman–Crippen MR) is 48.3 cm³/mol. The van der Waals surface area contributed by atoms with Gasteiger partial charge in [0.15, 0.2) is 0 Å². The van der Waals surface area contributed by atoms with Crippen LogP contribution in [0.5, 0.6) is 0 Å². The maximum Gasteiger partial charge on any atom is 0.266 e. The number of aromatic nitrogens is 1. The van der Waals surface area contributed by atoms with Gasteiger partial charge >= 0.3 is 0 Å². The monoisotopic (exact) mass is 216 g/mol. The molecular weight excluding hydrogens is 210 g/mol. The second-order valence-corrected chi connectivity index (χ2v) is 3.11. The first kappa shape index (κ1) is 10.9. The van der Waals surface area contributed by atoms with Crippen molar-refractivity contribution in [1.82, 2.24) is 4.98 Å². The van der Waals surface area contributed by atoms with Crippen molar-refractivity contribution in [2.75, 3.05) is 0 Å². The topological polar surface area (TPSA) is 36.7 Å². The van der Waals surface area contributed by atoms with Crippen LogP contribution in [0.2, 0.25) is 5.02 Å². The van der Waals surface area contributed by atoms with Crippen LogP contribution in [0.25, 0.3) is 0 Å². The minimum atomic E-state index is -2.63. The van der Waals surface area contributed by atoms with Crippen molar-refractivity contribution in [3.05, 3.63) is 28.0 Å². The van der Waals surface area contributed by atoms with Crippen molar-refractivity contribution < 1.29 is 8.78 Å². The molecule has 0 aliphatic carbocycles. The summed E-state index contributed by atoms with van der Waals surface area (Å²) in [5.74, 6) is 0. The van der Waals surface area contributed by atoms with E-state index in [1.54, 1.807) is 6.92 Å². The molecule has 74 valence electrons. The summed E-state index contributed by atoms with van der Waals surface area (Å²) in [6.45, 7) is 1.58. The van der Waals surface area contributed by atoms with Crippen LogP contribution in [-0.4, -0.2) is 4.98 Å². The van der Waals surface area contributed by atoms with E-state index in [9.17, 15) is 8.78 Å². The van der Waals surface area contributed by atoms with E-state index in [0.29, 0.717) is 11.3 Å². The third kappa shape index (κ3) is 1.99. The number of nitrogens with zero attached hydrogens (tertiary/aromatic N) is 2. The standard InChI is InChI=1S/C9H7ClF2N2/c1-5-7(2-3-13)14-4-6(8(5)10)9(11)12/h4,9H,2H2,1H3. The molecule has 1 rings (SSSR count). The van der Waals surface area contributed by atoms with Gasteiger partial charge in [0, 0.05) is 6.20 Å². The number of nitriles is 1. The maximum atomic E-state index is 12.3. The van der Waals surface area contributed by atoms with E-state index in [0.717, 1.165) is 6.20 Å². The van der Waals surface area contributed by atoms with Gasteiger partial charge in [-0.25, -0.2) is 8.78 Å². The van der Waals surface area contributed by atoms with Gasteiger partial charge in [0.25, 0.3) is 6.43 Å². The summed E-state index contributed by atoms with van der Waals surface area (Å²) in [5.41, 5.74) is 0.610. The molecule has 0 spiro atoms. The largest absolute Gasteiger partial charge is 0.266 e. The Hall–Kier alpha value is -1.21. The van der Waals surface area contributed by atoms with E-state index in [4.69, 9.17) is 16.9 Å². The Morgan fingerprint density at radius 3 is 2.79 bits per heavy atom. The van der Waals surface area contributed by atoms with Gasteiger partial charge in [0.1, 0.15) is 0 Å². The molecular formula is C9H7ClF2N2. The van der Waals surface area contributed by atoms with Gasteiger partial charge in [0.05, 0.1) is 28.8 Å². The van der Waals surface area contributed by atoms with Gasteiger partial charge in [-0.3, -0.25) is 4.98 Å². The highest BCUT2D eigenvalue weighted by Crippen LogP contribution is 2.29. The van der Waals surface area contributed by atoms with Crippen LogP contribution in [0.3, 0.4) is 0 Å². The zero-order chi connectivity index (χ0) is 10.7. The Morgan fingerprint density at radius 1 is 1.64 bits per heavy atom. The number of hydrogen-bond donors (Lipinski definition) is 0.